The molecule has 1 nitrogen and oxygen atoms in total. The summed E-state index contributed by atoms with van der Waals surface area (Å²) in [5.41, 5.74) is 0.275. The summed E-state index contributed by atoms with van der Waals surface area (Å²) >= 11 is 13.0. The smallest absolute Gasteiger partial charge is 0.254 e. The number of pyridine rings is 1. The summed E-state index contributed by atoms with van der Waals surface area (Å²) in [5.74, 6) is 0.172. The first-order valence-electron chi connectivity index (χ1n) is 3.24. The van der Waals surface area contributed by atoms with Crippen LogP contribution in [0, 0.1) is 3.57 Å². The lowest BCUT2D eigenvalue weighted by Gasteiger charge is -2.06. The van der Waals surface area contributed by atoms with Crippen LogP contribution >= 0.6 is 45.8 Å². The Morgan fingerprint density at radius 1 is 1.54 bits per heavy atom. The fraction of sp³-hybridized carbons (Fsp3) is 0.286. The Kier molecular flexibility index (Phi) is 4.12. The molecule has 0 saturated carbocycles. The Balaban J connectivity index is 3.23. The molecule has 1 rings (SSSR count). The third-order valence-corrected chi connectivity index (χ3v) is 3.54. The molecule has 0 aromatic carbocycles. The Hall–Kier alpha value is 0.320. The Morgan fingerprint density at radius 2 is 2.15 bits per heavy atom. The van der Waals surface area contributed by atoms with Crippen molar-refractivity contribution in [1.82, 2.24) is 4.98 Å². The highest BCUT2D eigenvalue weighted by atomic mass is 127. The van der Waals surface area contributed by atoms with Gasteiger partial charge in [-0.05, 0) is 22.6 Å². The van der Waals surface area contributed by atoms with Crippen LogP contribution in [0.2, 0.25) is 5.02 Å². The summed E-state index contributed by atoms with van der Waals surface area (Å²) in [6, 6.07) is 0. The van der Waals surface area contributed by atoms with E-state index < -0.39 is 6.43 Å². The van der Waals surface area contributed by atoms with E-state index in [2.05, 4.69) is 4.98 Å². The van der Waals surface area contributed by atoms with Gasteiger partial charge in [0.15, 0.2) is 0 Å². The number of hydrogen-bond donors (Lipinski definition) is 0. The van der Waals surface area contributed by atoms with Crippen molar-refractivity contribution < 1.29 is 8.78 Å². The van der Waals surface area contributed by atoms with Crippen LogP contribution in [0.4, 0.5) is 8.78 Å². The molecule has 1 aromatic rings. The second-order valence-corrected chi connectivity index (χ2v) is 3.95. The minimum atomic E-state index is -2.60. The third-order valence-electron chi connectivity index (χ3n) is 1.41. The maximum absolute atomic E-state index is 12.3. The molecule has 0 radical (unpaired) electrons. The van der Waals surface area contributed by atoms with Crippen molar-refractivity contribution in [2.24, 2.45) is 0 Å². The van der Waals surface area contributed by atoms with Gasteiger partial charge in [-0.2, -0.15) is 0 Å². The Bertz CT molecular complexity index is 320. The summed E-state index contributed by atoms with van der Waals surface area (Å²) in [5, 5.41) is 0.265. The largest absolute Gasteiger partial charge is 0.281 e. The van der Waals surface area contributed by atoms with Crippen molar-refractivity contribution in [3.8, 4) is 0 Å². The predicted octanol–water partition coefficient (Wildman–Crippen LogP) is 4.02. The molecule has 0 saturated heterocycles. The summed E-state index contributed by atoms with van der Waals surface area (Å²) in [6.45, 7) is 0. The monoisotopic (exact) mass is 337 g/mol. The van der Waals surface area contributed by atoms with Gasteiger partial charge in [0.05, 0.1) is 14.5 Å². The lowest BCUT2D eigenvalue weighted by molar-refractivity contribution is 0.145. The van der Waals surface area contributed by atoms with Crippen LogP contribution < -0.4 is 0 Å². The molecule has 0 spiro atoms. The zero-order chi connectivity index (χ0) is 10.0. The second kappa shape index (κ2) is 4.70. The molecule has 1 aromatic heterocycles. The number of halogens is 5. The minimum absolute atomic E-state index is 0.172. The maximum Gasteiger partial charge on any atom is 0.281 e. The molecule has 0 unspecified atom stereocenters. The van der Waals surface area contributed by atoms with Gasteiger partial charge in [0, 0.05) is 11.8 Å². The number of aromatic nitrogens is 1. The standard InChI is InChI=1S/C7H4Cl2F2IN/c8-1-3-2-13-6(7(10)11)5(12)4(3)9/h2,7H,1H2. The number of rotatable bonds is 2. The van der Waals surface area contributed by atoms with E-state index in [1.54, 1.807) is 22.6 Å². The van der Waals surface area contributed by atoms with E-state index in [-0.39, 0.29) is 20.2 Å². The quantitative estimate of drug-likeness (QED) is 0.587. The molecule has 6 heteroatoms. The zero-order valence-corrected chi connectivity index (χ0v) is 9.87. The van der Waals surface area contributed by atoms with Gasteiger partial charge in [-0.3, -0.25) is 4.98 Å². The number of hydrogen-bond acceptors (Lipinski definition) is 1. The third kappa shape index (κ3) is 2.41. The van der Waals surface area contributed by atoms with E-state index in [4.69, 9.17) is 23.2 Å². The van der Waals surface area contributed by atoms with Crippen LogP contribution in [-0.2, 0) is 5.88 Å². The molecule has 0 atom stereocenters. The van der Waals surface area contributed by atoms with Crippen LogP contribution in [0.1, 0.15) is 17.7 Å². The van der Waals surface area contributed by atoms with Crippen molar-refractivity contribution >= 4 is 45.8 Å². The average molecular weight is 338 g/mol. The summed E-state index contributed by atoms with van der Waals surface area (Å²) in [4.78, 5) is 3.58. The highest BCUT2D eigenvalue weighted by Gasteiger charge is 2.17. The van der Waals surface area contributed by atoms with Crippen molar-refractivity contribution in [3.63, 3.8) is 0 Å². The molecule has 0 amide bonds. The summed E-state index contributed by atoms with van der Waals surface area (Å²) < 4.78 is 24.8. The minimum Gasteiger partial charge on any atom is -0.254 e. The molecular weight excluding hydrogens is 334 g/mol. The van der Waals surface area contributed by atoms with Gasteiger partial charge in [0.2, 0.25) is 0 Å². The molecule has 0 aliphatic heterocycles. The molecule has 0 fully saturated rings. The SMILES string of the molecule is FC(F)c1ncc(CCl)c(Cl)c1I. The highest BCUT2D eigenvalue weighted by Crippen LogP contribution is 2.30. The van der Waals surface area contributed by atoms with Gasteiger partial charge in [0.25, 0.3) is 6.43 Å². The predicted molar refractivity (Wildman–Crippen MR) is 56.5 cm³/mol. The first-order chi connectivity index (χ1) is 6.07. The Morgan fingerprint density at radius 3 is 2.62 bits per heavy atom. The van der Waals surface area contributed by atoms with Gasteiger partial charge >= 0.3 is 0 Å². The molecule has 0 N–H and O–H groups in total. The molecule has 0 bridgehead atoms. The molecule has 0 aliphatic carbocycles. The first kappa shape index (κ1) is 11.4. The van der Waals surface area contributed by atoms with Crippen LogP contribution in [0.5, 0.6) is 0 Å². The van der Waals surface area contributed by atoms with Crippen molar-refractivity contribution in [1.29, 1.82) is 0 Å². The van der Waals surface area contributed by atoms with E-state index >= 15 is 0 Å². The number of nitrogens with zero attached hydrogens (tertiary/aromatic N) is 1. The van der Waals surface area contributed by atoms with E-state index in [9.17, 15) is 8.78 Å². The van der Waals surface area contributed by atoms with Crippen molar-refractivity contribution in [3.05, 3.63) is 26.0 Å². The zero-order valence-electron chi connectivity index (χ0n) is 6.20. The second-order valence-electron chi connectivity index (χ2n) is 2.23. The molecule has 72 valence electrons. The Labute approximate surface area is 97.6 Å². The maximum atomic E-state index is 12.3. The molecule has 0 aliphatic rings. The fourth-order valence-electron chi connectivity index (χ4n) is 0.760. The van der Waals surface area contributed by atoms with Crippen LogP contribution in [0.25, 0.3) is 0 Å². The number of alkyl halides is 3. The molecule has 13 heavy (non-hydrogen) atoms. The summed E-state index contributed by atoms with van der Waals surface area (Å²) in [6.07, 6.45) is -1.33. The van der Waals surface area contributed by atoms with E-state index in [0.717, 1.165) is 0 Å². The lowest BCUT2D eigenvalue weighted by Crippen LogP contribution is -1.97. The van der Waals surface area contributed by atoms with E-state index in [0.29, 0.717) is 5.56 Å². The lowest BCUT2D eigenvalue weighted by atomic mass is 10.3. The van der Waals surface area contributed by atoms with Gasteiger partial charge < -0.3 is 0 Å². The van der Waals surface area contributed by atoms with Gasteiger partial charge in [0.1, 0.15) is 5.69 Å². The van der Waals surface area contributed by atoms with Gasteiger partial charge in [-0.25, -0.2) is 8.78 Å². The topological polar surface area (TPSA) is 12.9 Å². The molecular formula is C7H4Cl2F2IN. The normalized spacial score (nSPS) is 10.9. The van der Waals surface area contributed by atoms with Crippen LogP contribution in [0.3, 0.4) is 0 Å². The van der Waals surface area contributed by atoms with Crippen molar-refractivity contribution in [2.75, 3.05) is 0 Å². The molecule has 1 heterocycles. The van der Waals surface area contributed by atoms with Gasteiger partial charge in [-0.1, -0.05) is 11.6 Å². The van der Waals surface area contributed by atoms with Gasteiger partial charge in [-0.15, -0.1) is 11.6 Å². The van der Waals surface area contributed by atoms with Crippen LogP contribution in [0.15, 0.2) is 6.20 Å². The van der Waals surface area contributed by atoms with E-state index in [1.165, 1.54) is 6.20 Å². The average Bonchev–Trinajstić information content (AvgIpc) is 2.09. The van der Waals surface area contributed by atoms with Crippen molar-refractivity contribution in [2.45, 2.75) is 12.3 Å². The first-order valence-corrected chi connectivity index (χ1v) is 5.24. The van der Waals surface area contributed by atoms with E-state index in [1.807, 2.05) is 0 Å². The summed E-state index contributed by atoms with van der Waals surface area (Å²) in [7, 11) is 0. The fourth-order valence-corrected chi connectivity index (χ4v) is 1.96. The van der Waals surface area contributed by atoms with Crippen LogP contribution in [-0.4, -0.2) is 4.98 Å². The highest BCUT2D eigenvalue weighted by molar-refractivity contribution is 14.1.